The average molecular weight is 281 g/mol. The number of aliphatic hydroxyl groups excluding tert-OH is 1. The highest BCUT2D eigenvalue weighted by Crippen LogP contribution is 2.07. The van der Waals surface area contributed by atoms with Gasteiger partial charge in [0.1, 0.15) is 0 Å². The lowest BCUT2D eigenvalue weighted by molar-refractivity contribution is 0.118. The quantitative estimate of drug-likeness (QED) is 0.726. The van der Waals surface area contributed by atoms with Gasteiger partial charge >= 0.3 is 0 Å². The van der Waals surface area contributed by atoms with Crippen LogP contribution in [0.15, 0.2) is 16.8 Å². The molecular formula is C16H31N3O. The molecule has 1 saturated heterocycles. The lowest BCUT2D eigenvalue weighted by Crippen LogP contribution is -2.47. The maximum absolute atomic E-state index is 8.94. The molecule has 0 aromatic carbocycles. The van der Waals surface area contributed by atoms with E-state index in [1.807, 2.05) is 6.20 Å². The summed E-state index contributed by atoms with van der Waals surface area (Å²) in [5, 5.41) is 8.94. The highest BCUT2D eigenvalue weighted by Gasteiger charge is 2.15. The predicted octanol–water partition coefficient (Wildman–Crippen LogP) is 2.01. The zero-order chi connectivity index (χ0) is 15.0. The fourth-order valence-electron chi connectivity index (χ4n) is 2.34. The third-order valence-corrected chi connectivity index (χ3v) is 4.17. The fraction of sp³-hybridized carbons (Fsp3) is 0.812. The summed E-state index contributed by atoms with van der Waals surface area (Å²) >= 11 is 0. The Morgan fingerprint density at radius 1 is 1.20 bits per heavy atom. The number of hydrogen-bond donors (Lipinski definition) is 1. The van der Waals surface area contributed by atoms with Crippen molar-refractivity contribution < 1.29 is 5.11 Å². The first-order valence-corrected chi connectivity index (χ1v) is 7.82. The van der Waals surface area contributed by atoms with Crippen molar-refractivity contribution in [1.29, 1.82) is 0 Å². The zero-order valence-corrected chi connectivity index (χ0v) is 13.6. The minimum atomic E-state index is 0.266. The second kappa shape index (κ2) is 9.27. The summed E-state index contributed by atoms with van der Waals surface area (Å²) in [6, 6.07) is 0. The molecule has 0 aromatic heterocycles. The molecule has 0 bridgehead atoms. The monoisotopic (exact) mass is 281 g/mol. The van der Waals surface area contributed by atoms with E-state index in [-0.39, 0.29) is 6.61 Å². The van der Waals surface area contributed by atoms with E-state index in [0.717, 1.165) is 45.7 Å². The van der Waals surface area contributed by atoms with Gasteiger partial charge in [0.25, 0.3) is 0 Å². The molecule has 1 unspecified atom stereocenters. The van der Waals surface area contributed by atoms with E-state index in [1.165, 1.54) is 11.3 Å². The van der Waals surface area contributed by atoms with E-state index >= 15 is 0 Å². The van der Waals surface area contributed by atoms with Crippen molar-refractivity contribution in [3.63, 3.8) is 0 Å². The largest absolute Gasteiger partial charge is 0.395 e. The van der Waals surface area contributed by atoms with Crippen molar-refractivity contribution in [2.45, 2.75) is 34.1 Å². The second-order valence-electron chi connectivity index (χ2n) is 5.90. The number of β-amino-alcohol motifs (C(OH)–C–C–N with tert-alkyl or cyclic N) is 1. The molecule has 0 spiro atoms. The number of aliphatic imine (C=N–C) groups is 1. The van der Waals surface area contributed by atoms with Gasteiger partial charge in [-0.3, -0.25) is 14.8 Å². The van der Waals surface area contributed by atoms with Gasteiger partial charge in [-0.05, 0) is 31.8 Å². The molecule has 0 aliphatic carbocycles. The first-order chi connectivity index (χ1) is 9.56. The maximum Gasteiger partial charge on any atom is 0.0558 e. The van der Waals surface area contributed by atoms with Crippen LogP contribution in [0.4, 0.5) is 0 Å². The summed E-state index contributed by atoms with van der Waals surface area (Å²) in [6.07, 6.45) is 3.18. The number of aliphatic hydroxyl groups is 1. The lowest BCUT2D eigenvalue weighted by atomic mass is 10.0. The molecule has 0 aromatic rings. The van der Waals surface area contributed by atoms with E-state index in [2.05, 4.69) is 42.5 Å². The van der Waals surface area contributed by atoms with Crippen molar-refractivity contribution in [3.05, 3.63) is 11.8 Å². The molecule has 1 rings (SSSR count). The normalized spacial score (nSPS) is 21.2. The Hall–Kier alpha value is -0.710. The molecule has 4 nitrogen and oxygen atoms in total. The van der Waals surface area contributed by atoms with E-state index in [9.17, 15) is 0 Å². The Morgan fingerprint density at radius 2 is 1.80 bits per heavy atom. The molecule has 1 atom stereocenters. The molecule has 1 fully saturated rings. The van der Waals surface area contributed by atoms with Crippen LogP contribution in [-0.2, 0) is 0 Å². The summed E-state index contributed by atoms with van der Waals surface area (Å²) < 4.78 is 0. The molecule has 1 aliphatic heterocycles. The summed E-state index contributed by atoms with van der Waals surface area (Å²) in [7, 11) is 0. The summed E-state index contributed by atoms with van der Waals surface area (Å²) in [4.78, 5) is 9.38. The molecule has 1 aliphatic rings. The molecule has 116 valence electrons. The van der Waals surface area contributed by atoms with Crippen LogP contribution in [0.25, 0.3) is 0 Å². The fourth-order valence-corrected chi connectivity index (χ4v) is 2.34. The van der Waals surface area contributed by atoms with Crippen molar-refractivity contribution in [3.8, 4) is 0 Å². The second-order valence-corrected chi connectivity index (χ2v) is 5.90. The molecule has 0 radical (unpaired) electrons. The van der Waals surface area contributed by atoms with Crippen LogP contribution < -0.4 is 0 Å². The van der Waals surface area contributed by atoms with Crippen molar-refractivity contribution in [1.82, 2.24) is 9.80 Å². The highest BCUT2D eigenvalue weighted by atomic mass is 16.3. The number of hydrogen-bond acceptors (Lipinski definition) is 4. The van der Waals surface area contributed by atoms with Crippen LogP contribution in [-0.4, -0.2) is 66.5 Å². The smallest absolute Gasteiger partial charge is 0.0558 e. The number of nitrogens with zero attached hydrogens (tertiary/aromatic N) is 3. The van der Waals surface area contributed by atoms with Crippen LogP contribution in [0.1, 0.15) is 34.1 Å². The van der Waals surface area contributed by atoms with Gasteiger partial charge in [-0.25, -0.2) is 0 Å². The molecule has 4 heteroatoms. The molecular weight excluding hydrogens is 250 g/mol. The van der Waals surface area contributed by atoms with Crippen LogP contribution in [0.2, 0.25) is 0 Å². The predicted molar refractivity (Wildman–Crippen MR) is 86.3 cm³/mol. The zero-order valence-electron chi connectivity index (χ0n) is 13.6. The van der Waals surface area contributed by atoms with Crippen LogP contribution >= 0.6 is 0 Å². The lowest BCUT2D eigenvalue weighted by Gasteiger charge is -2.34. The van der Waals surface area contributed by atoms with Gasteiger partial charge in [0.2, 0.25) is 0 Å². The van der Waals surface area contributed by atoms with Gasteiger partial charge in [-0.15, -0.1) is 0 Å². The average Bonchev–Trinajstić information content (AvgIpc) is 2.46. The van der Waals surface area contributed by atoms with Gasteiger partial charge in [0.15, 0.2) is 0 Å². The van der Waals surface area contributed by atoms with E-state index in [4.69, 9.17) is 5.11 Å². The molecule has 0 saturated carbocycles. The molecule has 20 heavy (non-hydrogen) atoms. The van der Waals surface area contributed by atoms with Gasteiger partial charge in [0.05, 0.1) is 6.61 Å². The Kier molecular flexibility index (Phi) is 8.04. The number of rotatable bonds is 7. The highest BCUT2D eigenvalue weighted by molar-refractivity contribution is 5.84. The first-order valence-electron chi connectivity index (χ1n) is 7.82. The van der Waals surface area contributed by atoms with Gasteiger partial charge < -0.3 is 5.11 Å². The molecule has 0 amide bonds. The van der Waals surface area contributed by atoms with Gasteiger partial charge in [-0.2, -0.15) is 0 Å². The van der Waals surface area contributed by atoms with Crippen molar-refractivity contribution in [2.24, 2.45) is 10.9 Å². The maximum atomic E-state index is 8.94. The molecule has 1 heterocycles. The van der Waals surface area contributed by atoms with Crippen LogP contribution in [0.5, 0.6) is 0 Å². The van der Waals surface area contributed by atoms with Crippen molar-refractivity contribution >= 4 is 5.71 Å². The molecule has 1 N–H and O–H groups in total. The van der Waals surface area contributed by atoms with Gasteiger partial charge in [0, 0.05) is 51.2 Å². The summed E-state index contributed by atoms with van der Waals surface area (Å²) in [6.45, 7) is 15.1. The Morgan fingerprint density at radius 3 is 2.35 bits per heavy atom. The summed E-state index contributed by atoms with van der Waals surface area (Å²) in [5.41, 5.74) is 2.54. The third kappa shape index (κ3) is 6.16. The minimum absolute atomic E-state index is 0.266. The van der Waals surface area contributed by atoms with E-state index in [0.29, 0.717) is 5.92 Å². The van der Waals surface area contributed by atoms with Crippen LogP contribution in [0, 0.1) is 5.92 Å². The number of piperazine rings is 1. The Balaban J connectivity index is 2.38. The van der Waals surface area contributed by atoms with Gasteiger partial charge in [-0.1, -0.05) is 13.8 Å². The first kappa shape index (κ1) is 17.3. The van der Waals surface area contributed by atoms with E-state index in [1.54, 1.807) is 0 Å². The Bertz CT molecular complexity index is 331. The van der Waals surface area contributed by atoms with Crippen LogP contribution in [0.3, 0.4) is 0 Å². The van der Waals surface area contributed by atoms with Crippen molar-refractivity contribution in [2.75, 3.05) is 45.9 Å². The minimum Gasteiger partial charge on any atom is -0.395 e. The topological polar surface area (TPSA) is 39.1 Å². The van der Waals surface area contributed by atoms with E-state index < -0.39 is 0 Å². The SMILES string of the molecule is CCC(C)/C(C)=N/C=C(\C)CN1CCN(CCO)CC1. The standard InChI is InChI=1S/C16H31N3O/c1-5-15(3)16(4)17-12-14(2)13-19-8-6-18(7-9-19)10-11-20/h12,15,20H,5-11,13H2,1-4H3/b14-12+,17-16+. The summed E-state index contributed by atoms with van der Waals surface area (Å²) in [5.74, 6) is 0.570. The third-order valence-electron chi connectivity index (χ3n) is 4.17. The Labute approximate surface area is 124 Å².